The lowest BCUT2D eigenvalue weighted by Gasteiger charge is -2.19. The normalized spacial score (nSPS) is 10.7. The number of carbonyl (C=O) groups excluding carboxylic acids is 1. The molecule has 0 saturated heterocycles. The Morgan fingerprint density at radius 1 is 1.54 bits per heavy atom. The summed E-state index contributed by atoms with van der Waals surface area (Å²) in [6, 6.07) is 1.87. The van der Waals surface area contributed by atoms with E-state index in [2.05, 4.69) is 9.98 Å². The van der Waals surface area contributed by atoms with Crippen molar-refractivity contribution in [3.63, 3.8) is 0 Å². The van der Waals surface area contributed by atoms with E-state index in [1.165, 1.54) is 0 Å². The molecule has 13 heavy (non-hydrogen) atoms. The molecule has 1 aromatic rings. The molecule has 0 unspecified atom stereocenters. The van der Waals surface area contributed by atoms with Gasteiger partial charge in [-0.3, -0.25) is 4.98 Å². The topological polar surface area (TPSA) is 42.3 Å². The second-order valence-corrected chi connectivity index (χ2v) is 3.45. The molecule has 0 saturated carbocycles. The van der Waals surface area contributed by atoms with E-state index in [4.69, 9.17) is 0 Å². The third-order valence-corrected chi connectivity index (χ3v) is 2.00. The molecule has 1 heterocycles. The first kappa shape index (κ1) is 9.62. The Balaban J connectivity index is 3.21. The van der Waals surface area contributed by atoms with Crippen LogP contribution in [0.25, 0.3) is 0 Å². The monoisotopic (exact) mass is 176 g/mol. The van der Waals surface area contributed by atoms with Crippen LogP contribution in [0.15, 0.2) is 23.5 Å². The number of aliphatic imine (C=N–C) groups is 1. The SMILES string of the molecule is Cc1cnccc1C(C)(C)N=C=O. The second-order valence-electron chi connectivity index (χ2n) is 3.45. The van der Waals surface area contributed by atoms with E-state index in [1.807, 2.05) is 26.8 Å². The first-order valence-corrected chi connectivity index (χ1v) is 4.08. The Morgan fingerprint density at radius 3 is 2.77 bits per heavy atom. The molecule has 0 N–H and O–H groups in total. The van der Waals surface area contributed by atoms with Crippen LogP contribution >= 0.6 is 0 Å². The zero-order valence-corrected chi connectivity index (χ0v) is 8.03. The smallest absolute Gasteiger partial charge is 0.235 e. The highest BCUT2D eigenvalue weighted by atomic mass is 16.1. The van der Waals surface area contributed by atoms with Crippen molar-refractivity contribution in [2.45, 2.75) is 26.3 Å². The van der Waals surface area contributed by atoms with E-state index in [0.29, 0.717) is 0 Å². The summed E-state index contributed by atoms with van der Waals surface area (Å²) >= 11 is 0. The summed E-state index contributed by atoms with van der Waals surface area (Å²) in [6.45, 7) is 5.70. The number of hydrogen-bond acceptors (Lipinski definition) is 3. The van der Waals surface area contributed by atoms with Gasteiger partial charge in [0, 0.05) is 12.4 Å². The second kappa shape index (κ2) is 3.50. The van der Waals surface area contributed by atoms with Gasteiger partial charge in [0.05, 0.1) is 5.54 Å². The van der Waals surface area contributed by atoms with Gasteiger partial charge in [-0.1, -0.05) is 0 Å². The molecule has 0 aromatic carbocycles. The Bertz CT molecular complexity index is 352. The molecule has 0 atom stereocenters. The van der Waals surface area contributed by atoms with Gasteiger partial charge in [-0.2, -0.15) is 4.99 Å². The third kappa shape index (κ3) is 2.01. The lowest BCUT2D eigenvalue weighted by atomic mass is 9.93. The molecule has 3 heteroatoms. The van der Waals surface area contributed by atoms with E-state index < -0.39 is 5.54 Å². The maximum absolute atomic E-state index is 10.2. The number of rotatable bonds is 2. The van der Waals surface area contributed by atoms with Crippen LogP contribution in [0.4, 0.5) is 0 Å². The summed E-state index contributed by atoms with van der Waals surface area (Å²) in [4.78, 5) is 17.9. The van der Waals surface area contributed by atoms with Crippen LogP contribution in [0, 0.1) is 6.92 Å². The van der Waals surface area contributed by atoms with E-state index in [1.54, 1.807) is 18.5 Å². The van der Waals surface area contributed by atoms with Crippen LogP contribution in [-0.2, 0) is 10.3 Å². The summed E-state index contributed by atoms with van der Waals surface area (Å²) in [5.74, 6) is 0. The third-order valence-electron chi connectivity index (χ3n) is 2.00. The van der Waals surface area contributed by atoms with Crippen molar-refractivity contribution in [3.05, 3.63) is 29.6 Å². The molecule has 0 amide bonds. The number of hydrogen-bond donors (Lipinski definition) is 0. The summed E-state index contributed by atoms with van der Waals surface area (Å²) in [5.41, 5.74) is 1.53. The molecule has 1 rings (SSSR count). The summed E-state index contributed by atoms with van der Waals surface area (Å²) in [7, 11) is 0. The molecule has 1 aromatic heterocycles. The summed E-state index contributed by atoms with van der Waals surface area (Å²) < 4.78 is 0. The highest BCUT2D eigenvalue weighted by Crippen LogP contribution is 2.25. The molecule has 0 bridgehead atoms. The van der Waals surface area contributed by atoms with Gasteiger partial charge in [-0.25, -0.2) is 4.79 Å². The first-order chi connectivity index (χ1) is 6.08. The van der Waals surface area contributed by atoms with Crippen LogP contribution in [0.5, 0.6) is 0 Å². The van der Waals surface area contributed by atoms with Crippen LogP contribution < -0.4 is 0 Å². The van der Waals surface area contributed by atoms with Gasteiger partial charge in [-0.15, -0.1) is 0 Å². The largest absolute Gasteiger partial charge is 0.264 e. The summed E-state index contributed by atoms with van der Waals surface area (Å²) in [5, 5.41) is 0. The van der Waals surface area contributed by atoms with E-state index in [-0.39, 0.29) is 0 Å². The Labute approximate surface area is 77.5 Å². The van der Waals surface area contributed by atoms with Crippen molar-refractivity contribution in [1.29, 1.82) is 0 Å². The molecule has 0 fully saturated rings. The fourth-order valence-electron chi connectivity index (χ4n) is 1.33. The highest BCUT2D eigenvalue weighted by molar-refractivity contribution is 5.38. The van der Waals surface area contributed by atoms with E-state index in [0.717, 1.165) is 11.1 Å². The molecule has 0 spiro atoms. The van der Waals surface area contributed by atoms with Gasteiger partial charge in [-0.05, 0) is 38.0 Å². The molecule has 3 nitrogen and oxygen atoms in total. The van der Waals surface area contributed by atoms with Crippen LogP contribution in [0.2, 0.25) is 0 Å². The number of aryl methyl sites for hydroxylation is 1. The lowest BCUT2D eigenvalue weighted by Crippen LogP contribution is -2.15. The average molecular weight is 176 g/mol. The highest BCUT2D eigenvalue weighted by Gasteiger charge is 2.20. The van der Waals surface area contributed by atoms with Crippen molar-refractivity contribution < 1.29 is 4.79 Å². The van der Waals surface area contributed by atoms with Gasteiger partial charge < -0.3 is 0 Å². The quantitative estimate of drug-likeness (QED) is 0.510. The molecular weight excluding hydrogens is 164 g/mol. The Kier molecular flexibility index (Phi) is 2.59. The van der Waals surface area contributed by atoms with Crippen LogP contribution in [-0.4, -0.2) is 11.1 Å². The van der Waals surface area contributed by atoms with Crippen molar-refractivity contribution in [3.8, 4) is 0 Å². The van der Waals surface area contributed by atoms with Crippen molar-refractivity contribution in [1.82, 2.24) is 4.98 Å². The lowest BCUT2D eigenvalue weighted by molar-refractivity contribution is 0.520. The minimum absolute atomic E-state index is 0.505. The number of isocyanates is 1. The van der Waals surface area contributed by atoms with Crippen LogP contribution in [0.3, 0.4) is 0 Å². The number of nitrogens with zero attached hydrogens (tertiary/aromatic N) is 2. The maximum Gasteiger partial charge on any atom is 0.235 e. The molecule has 0 aliphatic heterocycles. The number of aromatic nitrogens is 1. The van der Waals surface area contributed by atoms with Crippen molar-refractivity contribution >= 4 is 6.08 Å². The fourth-order valence-corrected chi connectivity index (χ4v) is 1.33. The van der Waals surface area contributed by atoms with Crippen molar-refractivity contribution in [2.75, 3.05) is 0 Å². The summed E-state index contributed by atoms with van der Waals surface area (Å²) in [6.07, 6.45) is 5.05. The van der Waals surface area contributed by atoms with Gasteiger partial charge in [0.25, 0.3) is 0 Å². The van der Waals surface area contributed by atoms with E-state index in [9.17, 15) is 4.79 Å². The Morgan fingerprint density at radius 2 is 2.23 bits per heavy atom. The van der Waals surface area contributed by atoms with Gasteiger partial charge in [0.2, 0.25) is 6.08 Å². The van der Waals surface area contributed by atoms with Crippen molar-refractivity contribution in [2.24, 2.45) is 4.99 Å². The first-order valence-electron chi connectivity index (χ1n) is 4.08. The molecule has 68 valence electrons. The molecule has 0 aliphatic carbocycles. The number of pyridine rings is 1. The predicted molar refractivity (Wildman–Crippen MR) is 50.1 cm³/mol. The standard InChI is InChI=1S/C10H12N2O/c1-8-6-11-5-4-9(8)10(2,3)12-7-13/h4-6H,1-3H3. The zero-order chi connectivity index (χ0) is 9.90. The van der Waals surface area contributed by atoms with Gasteiger partial charge >= 0.3 is 0 Å². The average Bonchev–Trinajstić information content (AvgIpc) is 2.04. The predicted octanol–water partition coefficient (Wildman–Crippen LogP) is 1.96. The fraction of sp³-hybridized carbons (Fsp3) is 0.400. The maximum atomic E-state index is 10.2. The van der Waals surface area contributed by atoms with Gasteiger partial charge in [0.1, 0.15) is 0 Å². The molecular formula is C10H12N2O. The Hall–Kier alpha value is -1.47. The zero-order valence-electron chi connectivity index (χ0n) is 8.03. The van der Waals surface area contributed by atoms with E-state index >= 15 is 0 Å². The minimum atomic E-state index is -0.505. The molecule has 0 aliphatic rings. The molecule has 0 radical (unpaired) electrons. The van der Waals surface area contributed by atoms with Crippen LogP contribution in [0.1, 0.15) is 25.0 Å². The minimum Gasteiger partial charge on any atom is -0.264 e. The van der Waals surface area contributed by atoms with Gasteiger partial charge in [0.15, 0.2) is 0 Å².